The number of aliphatic carboxylic acids is 1. The number of ether oxygens (including phenoxy) is 2. The number of rotatable bonds is 10. The van der Waals surface area contributed by atoms with Crippen molar-refractivity contribution >= 4 is 23.9 Å². The zero-order valence-electron chi connectivity index (χ0n) is 24.9. The molecular formula is C33H41N3O7. The number of carboxylic acids is 1. The Hall–Kier alpha value is -3.92. The molecule has 3 amide bonds. The van der Waals surface area contributed by atoms with Crippen molar-refractivity contribution in [1.29, 1.82) is 0 Å². The fourth-order valence-electron chi connectivity index (χ4n) is 6.96. The van der Waals surface area contributed by atoms with Crippen LogP contribution in [0.1, 0.15) is 56.1 Å². The van der Waals surface area contributed by atoms with E-state index in [2.05, 4.69) is 24.3 Å². The van der Waals surface area contributed by atoms with Crippen LogP contribution in [0, 0.1) is 5.92 Å². The predicted molar refractivity (Wildman–Crippen MR) is 159 cm³/mol. The maximum absolute atomic E-state index is 14.3. The summed E-state index contributed by atoms with van der Waals surface area (Å²) in [5.41, 5.74) is 4.44. The van der Waals surface area contributed by atoms with Crippen LogP contribution in [0.15, 0.2) is 48.5 Å². The zero-order valence-corrected chi connectivity index (χ0v) is 24.9. The lowest BCUT2D eigenvalue weighted by Crippen LogP contribution is -2.59. The molecule has 43 heavy (non-hydrogen) atoms. The largest absolute Gasteiger partial charge is 0.481 e. The van der Waals surface area contributed by atoms with Crippen LogP contribution >= 0.6 is 0 Å². The third kappa shape index (κ3) is 6.39. The molecule has 0 spiro atoms. The van der Waals surface area contributed by atoms with Gasteiger partial charge < -0.3 is 24.4 Å². The molecule has 230 valence electrons. The summed E-state index contributed by atoms with van der Waals surface area (Å²) in [6.45, 7) is 3.39. The summed E-state index contributed by atoms with van der Waals surface area (Å²) in [5, 5.41) is 9.70. The Morgan fingerprint density at radius 1 is 0.977 bits per heavy atom. The van der Waals surface area contributed by atoms with Gasteiger partial charge in [0.05, 0.1) is 19.6 Å². The fraction of sp³-hybridized carbons (Fsp3) is 0.515. The number of carboxylic acid groups (broad SMARTS) is 1. The number of carbonyl (C=O) groups is 4. The minimum atomic E-state index is -1.17. The number of benzene rings is 2. The van der Waals surface area contributed by atoms with Crippen molar-refractivity contribution in [3.8, 4) is 11.1 Å². The molecule has 0 radical (unpaired) electrons. The molecule has 1 unspecified atom stereocenters. The van der Waals surface area contributed by atoms with Crippen molar-refractivity contribution in [2.45, 2.75) is 57.0 Å². The zero-order chi connectivity index (χ0) is 30.5. The molecule has 2 aromatic rings. The first-order valence-corrected chi connectivity index (χ1v) is 15.3. The van der Waals surface area contributed by atoms with Crippen LogP contribution in [0.3, 0.4) is 0 Å². The molecule has 2 aliphatic carbocycles. The SMILES string of the molecule is CCN(C(=O)[C@H](C1CCCC1)N(C)C(=O)OCC1c2ccccc2-c2ccccc21)C(CC(=O)O)C(=O)N1CCOCC1. The maximum atomic E-state index is 14.3. The first-order chi connectivity index (χ1) is 20.8. The average molecular weight is 592 g/mol. The molecule has 1 saturated carbocycles. The minimum absolute atomic E-state index is 0.115. The first kappa shape index (κ1) is 30.5. The molecule has 0 aromatic heterocycles. The highest BCUT2D eigenvalue weighted by Gasteiger charge is 2.43. The fourth-order valence-corrected chi connectivity index (χ4v) is 6.96. The molecule has 3 aliphatic rings. The van der Waals surface area contributed by atoms with Gasteiger partial charge in [0.2, 0.25) is 11.8 Å². The van der Waals surface area contributed by atoms with Crippen molar-refractivity contribution in [2.75, 3.05) is 46.5 Å². The highest BCUT2D eigenvalue weighted by molar-refractivity contribution is 5.93. The van der Waals surface area contributed by atoms with Crippen molar-refractivity contribution in [2.24, 2.45) is 5.92 Å². The van der Waals surface area contributed by atoms with E-state index in [-0.39, 0.29) is 25.0 Å². The molecular weight excluding hydrogens is 550 g/mol. The Kier molecular flexibility index (Phi) is 9.65. The van der Waals surface area contributed by atoms with E-state index in [0.29, 0.717) is 26.3 Å². The number of fused-ring (bicyclic) bond motifs is 3. The Morgan fingerprint density at radius 2 is 1.56 bits per heavy atom. The quantitative estimate of drug-likeness (QED) is 0.444. The maximum Gasteiger partial charge on any atom is 0.410 e. The third-order valence-electron chi connectivity index (χ3n) is 9.12. The van der Waals surface area contributed by atoms with E-state index in [9.17, 15) is 24.3 Å². The van der Waals surface area contributed by atoms with Crippen LogP contribution in [-0.4, -0.2) is 102 Å². The summed E-state index contributed by atoms with van der Waals surface area (Å²) in [5.74, 6) is -2.23. The average Bonchev–Trinajstić information content (AvgIpc) is 3.66. The van der Waals surface area contributed by atoms with E-state index >= 15 is 0 Å². The Bertz CT molecular complexity index is 1290. The standard InChI is InChI=1S/C33H41N3O7/c1-3-36(28(20-29(37)38)31(39)35-16-18-42-19-17-35)32(40)30(22-10-4-5-11-22)34(2)33(41)43-21-27-25-14-8-6-12-23(25)24-13-7-9-15-26(24)27/h6-9,12-15,22,27-28,30H,3-5,10-11,16-21H2,1-2H3,(H,37,38)/t28?,30-/m0/s1. The van der Waals surface area contributed by atoms with E-state index < -0.39 is 42.4 Å². The number of hydrogen-bond acceptors (Lipinski definition) is 6. The summed E-state index contributed by atoms with van der Waals surface area (Å²) in [4.78, 5) is 57.6. The molecule has 0 bridgehead atoms. The molecule has 10 heteroatoms. The van der Waals surface area contributed by atoms with Crippen LogP contribution in [0.25, 0.3) is 11.1 Å². The Labute approximate surface area is 252 Å². The van der Waals surface area contributed by atoms with Gasteiger partial charge in [-0.3, -0.25) is 19.3 Å². The number of morpholine rings is 1. The third-order valence-corrected chi connectivity index (χ3v) is 9.12. The normalized spacial score (nSPS) is 18.0. The first-order valence-electron chi connectivity index (χ1n) is 15.3. The number of hydrogen-bond donors (Lipinski definition) is 1. The lowest BCUT2D eigenvalue weighted by Gasteiger charge is -2.39. The lowest BCUT2D eigenvalue weighted by molar-refractivity contribution is -0.155. The van der Waals surface area contributed by atoms with Gasteiger partial charge in [0, 0.05) is 32.6 Å². The van der Waals surface area contributed by atoms with Gasteiger partial charge in [-0.25, -0.2) is 4.79 Å². The second kappa shape index (κ2) is 13.6. The van der Waals surface area contributed by atoms with E-state index in [0.717, 1.165) is 47.9 Å². The van der Waals surface area contributed by atoms with Crippen molar-refractivity contribution in [1.82, 2.24) is 14.7 Å². The Morgan fingerprint density at radius 3 is 2.12 bits per heavy atom. The summed E-state index contributed by atoms with van der Waals surface area (Å²) in [6.07, 6.45) is 2.26. The molecule has 1 aliphatic heterocycles. The van der Waals surface area contributed by atoms with Crippen LogP contribution in [0.4, 0.5) is 4.79 Å². The van der Waals surface area contributed by atoms with E-state index in [1.54, 1.807) is 18.9 Å². The van der Waals surface area contributed by atoms with Crippen LogP contribution in [0.5, 0.6) is 0 Å². The molecule has 1 saturated heterocycles. The van der Waals surface area contributed by atoms with Gasteiger partial charge in [0.25, 0.3) is 0 Å². The van der Waals surface area contributed by atoms with Gasteiger partial charge in [0.1, 0.15) is 18.7 Å². The summed E-state index contributed by atoms with van der Waals surface area (Å²) >= 11 is 0. The smallest absolute Gasteiger partial charge is 0.410 e. The summed E-state index contributed by atoms with van der Waals surface area (Å²) in [7, 11) is 1.57. The number of likely N-dealkylation sites (N-methyl/N-ethyl adjacent to an activating group) is 2. The topological polar surface area (TPSA) is 117 Å². The molecule has 2 aromatic carbocycles. The van der Waals surface area contributed by atoms with E-state index in [1.165, 1.54) is 9.80 Å². The van der Waals surface area contributed by atoms with Crippen molar-refractivity contribution in [3.63, 3.8) is 0 Å². The van der Waals surface area contributed by atoms with Crippen molar-refractivity contribution in [3.05, 3.63) is 59.7 Å². The van der Waals surface area contributed by atoms with Gasteiger partial charge in [-0.15, -0.1) is 0 Å². The summed E-state index contributed by atoms with van der Waals surface area (Å²) in [6, 6.07) is 14.2. The predicted octanol–water partition coefficient (Wildman–Crippen LogP) is 3.98. The van der Waals surface area contributed by atoms with Crippen LogP contribution in [-0.2, 0) is 23.9 Å². The highest BCUT2D eigenvalue weighted by atomic mass is 16.6. The monoisotopic (exact) mass is 591 g/mol. The van der Waals surface area contributed by atoms with Crippen molar-refractivity contribution < 1.29 is 33.8 Å². The molecule has 2 fully saturated rings. The van der Waals surface area contributed by atoms with Crippen LogP contribution < -0.4 is 0 Å². The van der Waals surface area contributed by atoms with Crippen LogP contribution in [0.2, 0.25) is 0 Å². The van der Waals surface area contributed by atoms with E-state index in [1.807, 2.05) is 24.3 Å². The second-order valence-electron chi connectivity index (χ2n) is 11.6. The minimum Gasteiger partial charge on any atom is -0.481 e. The lowest BCUT2D eigenvalue weighted by atomic mass is 9.94. The van der Waals surface area contributed by atoms with Gasteiger partial charge >= 0.3 is 12.1 Å². The van der Waals surface area contributed by atoms with Gasteiger partial charge in [-0.2, -0.15) is 0 Å². The molecule has 10 nitrogen and oxygen atoms in total. The second-order valence-corrected chi connectivity index (χ2v) is 11.6. The molecule has 2 atom stereocenters. The molecule has 1 N–H and O–H groups in total. The molecule has 5 rings (SSSR count). The van der Waals surface area contributed by atoms with Gasteiger partial charge in [0.15, 0.2) is 0 Å². The van der Waals surface area contributed by atoms with Gasteiger partial charge in [-0.1, -0.05) is 61.4 Å². The number of carbonyl (C=O) groups excluding carboxylic acids is 3. The van der Waals surface area contributed by atoms with E-state index in [4.69, 9.17) is 9.47 Å². The number of amides is 3. The summed E-state index contributed by atoms with van der Waals surface area (Å²) < 4.78 is 11.3. The molecule has 1 heterocycles. The van der Waals surface area contributed by atoms with Gasteiger partial charge in [-0.05, 0) is 47.9 Å². The Balaban J connectivity index is 1.36. The number of nitrogens with zero attached hydrogens (tertiary/aromatic N) is 3. The highest BCUT2D eigenvalue weighted by Crippen LogP contribution is 2.44.